The number of hydrogen-bond donors (Lipinski definition) is 3. The van der Waals surface area contributed by atoms with Crippen LogP contribution in [0.25, 0.3) is 17.1 Å². The fourth-order valence-corrected chi connectivity index (χ4v) is 4.25. The molecule has 2 aromatic carbocycles. The molecule has 0 aliphatic carbocycles. The van der Waals surface area contributed by atoms with E-state index < -0.39 is 25.0 Å². The Hall–Kier alpha value is -3.64. The van der Waals surface area contributed by atoms with Crippen molar-refractivity contribution in [3.63, 3.8) is 0 Å². The molecule has 1 fully saturated rings. The zero-order valence-corrected chi connectivity index (χ0v) is 21.1. The molecule has 204 valence electrons. The molecule has 1 aliphatic rings. The standard InChI is InChI=1S/C26H30F3N5O4/c1-16(2)19-13-20(22(36)14-21(19)35)23-31-32-24(25(37)30-8-7-26(27,28)29)34(23)18-5-3-17(4-6-18)15-33-9-11-38-12-10-33/h3-6,13-14,16,35-36H,7-12,15H2,1-2H3,(H,30,37). The fraction of sp³-hybridized carbons (Fsp3) is 0.423. The minimum absolute atomic E-state index is 0.0877. The molecule has 9 nitrogen and oxygen atoms in total. The molecule has 4 rings (SSSR count). The van der Waals surface area contributed by atoms with Crippen molar-refractivity contribution in [1.82, 2.24) is 25.0 Å². The van der Waals surface area contributed by atoms with Crippen LogP contribution in [-0.2, 0) is 11.3 Å². The maximum atomic E-state index is 12.9. The van der Waals surface area contributed by atoms with Crippen molar-refractivity contribution in [2.45, 2.75) is 38.9 Å². The SMILES string of the molecule is CC(C)c1cc(-c2nnc(C(=O)NCCC(F)(F)F)n2-c2ccc(CN3CCOCC3)cc2)c(O)cc1O. The third-order valence-electron chi connectivity index (χ3n) is 6.27. The van der Waals surface area contributed by atoms with E-state index in [1.54, 1.807) is 18.2 Å². The highest BCUT2D eigenvalue weighted by molar-refractivity contribution is 5.92. The van der Waals surface area contributed by atoms with E-state index in [0.717, 1.165) is 18.7 Å². The summed E-state index contributed by atoms with van der Waals surface area (Å²) in [5, 5.41) is 31.2. The lowest BCUT2D eigenvalue weighted by atomic mass is 9.98. The molecule has 0 saturated carbocycles. The summed E-state index contributed by atoms with van der Waals surface area (Å²) < 4.78 is 44.6. The van der Waals surface area contributed by atoms with Crippen LogP contribution in [-0.4, -0.2) is 74.8 Å². The number of benzene rings is 2. The Balaban J connectivity index is 1.72. The third-order valence-corrected chi connectivity index (χ3v) is 6.27. The highest BCUT2D eigenvalue weighted by Crippen LogP contribution is 2.38. The Labute approximate surface area is 217 Å². The maximum Gasteiger partial charge on any atom is 0.390 e. The van der Waals surface area contributed by atoms with Gasteiger partial charge >= 0.3 is 6.18 Å². The second-order valence-corrected chi connectivity index (χ2v) is 9.44. The first-order chi connectivity index (χ1) is 18.0. The molecule has 0 spiro atoms. The lowest BCUT2D eigenvalue weighted by molar-refractivity contribution is -0.133. The van der Waals surface area contributed by atoms with Crippen molar-refractivity contribution < 1.29 is 32.9 Å². The summed E-state index contributed by atoms with van der Waals surface area (Å²) in [4.78, 5) is 15.1. The van der Waals surface area contributed by atoms with Gasteiger partial charge < -0.3 is 20.3 Å². The smallest absolute Gasteiger partial charge is 0.390 e. The van der Waals surface area contributed by atoms with Crippen LogP contribution >= 0.6 is 0 Å². The highest BCUT2D eigenvalue weighted by atomic mass is 19.4. The predicted molar refractivity (Wildman–Crippen MR) is 133 cm³/mol. The number of phenolic OH excluding ortho intramolecular Hbond substituents is 2. The minimum atomic E-state index is -4.42. The predicted octanol–water partition coefficient (Wildman–Crippen LogP) is 3.98. The highest BCUT2D eigenvalue weighted by Gasteiger charge is 2.28. The molecule has 1 amide bonds. The largest absolute Gasteiger partial charge is 0.508 e. The molecular weight excluding hydrogens is 503 g/mol. The number of nitrogens with zero attached hydrogens (tertiary/aromatic N) is 4. The summed E-state index contributed by atoms with van der Waals surface area (Å²) in [5.74, 6) is -1.44. The first-order valence-corrected chi connectivity index (χ1v) is 12.3. The second-order valence-electron chi connectivity index (χ2n) is 9.44. The number of hydrogen-bond acceptors (Lipinski definition) is 7. The van der Waals surface area contributed by atoms with Crippen LogP contribution in [0.2, 0.25) is 0 Å². The zero-order valence-electron chi connectivity index (χ0n) is 21.1. The molecule has 0 atom stereocenters. The van der Waals surface area contributed by atoms with E-state index in [2.05, 4.69) is 20.4 Å². The average molecular weight is 534 g/mol. The van der Waals surface area contributed by atoms with Crippen LogP contribution in [0, 0.1) is 0 Å². The number of aromatic nitrogens is 3. The van der Waals surface area contributed by atoms with Gasteiger partial charge in [0.2, 0.25) is 5.82 Å². The van der Waals surface area contributed by atoms with E-state index in [0.29, 0.717) is 31.0 Å². The van der Waals surface area contributed by atoms with Gasteiger partial charge in [-0.05, 0) is 35.2 Å². The van der Waals surface area contributed by atoms with Crippen LogP contribution in [0.5, 0.6) is 11.5 Å². The number of rotatable bonds is 8. The van der Waals surface area contributed by atoms with E-state index in [9.17, 15) is 28.2 Å². The molecule has 0 unspecified atom stereocenters. The summed E-state index contributed by atoms with van der Waals surface area (Å²) in [5.41, 5.74) is 2.27. The van der Waals surface area contributed by atoms with Crippen molar-refractivity contribution >= 4 is 5.91 Å². The van der Waals surface area contributed by atoms with Crippen molar-refractivity contribution in [3.8, 4) is 28.6 Å². The Bertz CT molecular complexity index is 1270. The van der Waals surface area contributed by atoms with Gasteiger partial charge in [-0.1, -0.05) is 26.0 Å². The number of morpholine rings is 1. The number of aromatic hydroxyl groups is 2. The fourth-order valence-electron chi connectivity index (χ4n) is 4.25. The van der Waals surface area contributed by atoms with Crippen LogP contribution < -0.4 is 5.32 Å². The lowest BCUT2D eigenvalue weighted by Crippen LogP contribution is -2.35. The Kier molecular flexibility index (Phi) is 8.22. The van der Waals surface area contributed by atoms with Crippen LogP contribution in [0.1, 0.15) is 47.9 Å². The van der Waals surface area contributed by atoms with Crippen molar-refractivity contribution in [1.29, 1.82) is 0 Å². The Morgan fingerprint density at radius 3 is 2.39 bits per heavy atom. The number of alkyl halides is 3. The lowest BCUT2D eigenvalue weighted by Gasteiger charge is -2.26. The molecule has 1 aliphatic heterocycles. The van der Waals surface area contributed by atoms with Gasteiger partial charge in [0.15, 0.2) is 5.82 Å². The first kappa shape index (κ1) is 27.4. The van der Waals surface area contributed by atoms with Crippen molar-refractivity contribution in [3.05, 3.63) is 53.3 Å². The summed E-state index contributed by atoms with van der Waals surface area (Å²) >= 11 is 0. The summed E-state index contributed by atoms with van der Waals surface area (Å²) in [6.07, 6.45) is -5.61. The van der Waals surface area contributed by atoms with E-state index in [4.69, 9.17) is 4.74 Å². The van der Waals surface area contributed by atoms with E-state index in [-0.39, 0.29) is 34.6 Å². The number of phenols is 2. The van der Waals surface area contributed by atoms with E-state index in [1.165, 1.54) is 10.6 Å². The second kappa shape index (κ2) is 11.4. The molecule has 3 aromatic rings. The number of amides is 1. The van der Waals surface area contributed by atoms with Gasteiger partial charge in [-0.25, -0.2) is 0 Å². The van der Waals surface area contributed by atoms with Crippen LogP contribution in [0.15, 0.2) is 36.4 Å². The zero-order chi connectivity index (χ0) is 27.4. The van der Waals surface area contributed by atoms with Gasteiger partial charge in [0.05, 0.1) is 25.2 Å². The van der Waals surface area contributed by atoms with Gasteiger partial charge in [0, 0.05) is 37.9 Å². The number of ether oxygens (including phenoxy) is 1. The van der Waals surface area contributed by atoms with Crippen LogP contribution in [0.4, 0.5) is 13.2 Å². The topological polar surface area (TPSA) is 113 Å². The number of carbonyl (C=O) groups excluding carboxylic acids is 1. The molecule has 3 N–H and O–H groups in total. The molecule has 12 heteroatoms. The number of nitrogens with one attached hydrogen (secondary N) is 1. The van der Waals surface area contributed by atoms with Crippen LogP contribution in [0.3, 0.4) is 0 Å². The van der Waals surface area contributed by atoms with Crippen molar-refractivity contribution in [2.75, 3.05) is 32.8 Å². The first-order valence-electron chi connectivity index (χ1n) is 12.3. The Morgan fingerprint density at radius 1 is 1.08 bits per heavy atom. The number of carbonyl (C=O) groups is 1. The monoisotopic (exact) mass is 533 g/mol. The van der Waals surface area contributed by atoms with Gasteiger partial charge in [0.25, 0.3) is 5.91 Å². The summed E-state index contributed by atoms with van der Waals surface area (Å²) in [6, 6.07) is 10.0. The molecular formula is C26H30F3N5O4. The van der Waals surface area contributed by atoms with Gasteiger partial charge in [-0.3, -0.25) is 14.3 Å². The molecule has 1 saturated heterocycles. The molecule has 0 radical (unpaired) electrons. The van der Waals surface area contributed by atoms with E-state index >= 15 is 0 Å². The summed E-state index contributed by atoms with van der Waals surface area (Å²) in [6.45, 7) is 6.80. The quantitative estimate of drug-likeness (QED) is 0.402. The molecule has 38 heavy (non-hydrogen) atoms. The normalized spacial score (nSPS) is 14.7. The molecule has 1 aromatic heterocycles. The van der Waals surface area contributed by atoms with Gasteiger partial charge in [0.1, 0.15) is 11.5 Å². The minimum Gasteiger partial charge on any atom is -0.508 e. The Morgan fingerprint density at radius 2 is 1.76 bits per heavy atom. The molecule has 2 heterocycles. The number of halogens is 3. The molecule has 0 bridgehead atoms. The summed E-state index contributed by atoms with van der Waals surface area (Å²) in [7, 11) is 0. The third kappa shape index (κ3) is 6.43. The van der Waals surface area contributed by atoms with Gasteiger partial charge in [-0.2, -0.15) is 13.2 Å². The average Bonchev–Trinajstić information content (AvgIpc) is 3.29. The van der Waals surface area contributed by atoms with Gasteiger partial charge in [-0.15, -0.1) is 10.2 Å². The van der Waals surface area contributed by atoms with Crippen molar-refractivity contribution in [2.24, 2.45) is 0 Å². The van der Waals surface area contributed by atoms with E-state index in [1.807, 2.05) is 26.0 Å². The maximum absolute atomic E-state index is 12.9.